The molecule has 4 nitrogen and oxygen atoms in total. The molecule has 0 unspecified atom stereocenters. The van der Waals surface area contributed by atoms with Gasteiger partial charge in [-0.1, -0.05) is 52.4 Å². The van der Waals surface area contributed by atoms with Gasteiger partial charge in [-0.2, -0.15) is 0 Å². The number of nitrogens with zero attached hydrogens (tertiary/aromatic N) is 1. The fourth-order valence-electron chi connectivity index (χ4n) is 2.21. The second-order valence-electron chi connectivity index (χ2n) is 5.65. The average Bonchev–Trinajstić information content (AvgIpc) is 2.53. The summed E-state index contributed by atoms with van der Waals surface area (Å²) in [6.45, 7) is 4.94. The first-order valence-electron chi connectivity index (χ1n) is 8.65. The first-order chi connectivity index (χ1) is 10.8. The number of hydrogen-bond acceptors (Lipinski definition) is 3. The van der Waals surface area contributed by atoms with Crippen LogP contribution in [0.2, 0.25) is 0 Å². The van der Waals surface area contributed by atoms with E-state index in [1.807, 2.05) is 6.07 Å². The van der Waals surface area contributed by atoms with Crippen LogP contribution in [0.15, 0.2) is 18.3 Å². The second-order valence-corrected chi connectivity index (χ2v) is 5.65. The summed E-state index contributed by atoms with van der Waals surface area (Å²) in [7, 11) is 0. The molecule has 0 saturated heterocycles. The molecular weight excluding hydrogens is 276 g/mol. The van der Waals surface area contributed by atoms with E-state index in [9.17, 15) is 4.79 Å². The Kier molecular flexibility index (Phi) is 10.1. The van der Waals surface area contributed by atoms with Crippen LogP contribution in [0.4, 0.5) is 5.69 Å². The van der Waals surface area contributed by atoms with Gasteiger partial charge in [0.05, 0.1) is 18.5 Å². The van der Waals surface area contributed by atoms with Crippen molar-refractivity contribution in [3.63, 3.8) is 0 Å². The van der Waals surface area contributed by atoms with E-state index >= 15 is 0 Å². The molecule has 0 radical (unpaired) electrons. The molecule has 0 fully saturated rings. The summed E-state index contributed by atoms with van der Waals surface area (Å²) in [4.78, 5) is 16.0. The monoisotopic (exact) mass is 306 g/mol. The lowest BCUT2D eigenvalue weighted by molar-refractivity contribution is -0.116. The minimum absolute atomic E-state index is 0.0672. The van der Waals surface area contributed by atoms with Crippen molar-refractivity contribution in [2.75, 3.05) is 11.9 Å². The Morgan fingerprint density at radius 3 is 2.41 bits per heavy atom. The molecule has 0 bridgehead atoms. The van der Waals surface area contributed by atoms with Crippen molar-refractivity contribution in [2.45, 2.75) is 71.6 Å². The van der Waals surface area contributed by atoms with Gasteiger partial charge in [0.2, 0.25) is 11.8 Å². The molecule has 0 aliphatic carbocycles. The third-order valence-corrected chi connectivity index (χ3v) is 3.48. The van der Waals surface area contributed by atoms with Crippen LogP contribution in [-0.4, -0.2) is 17.5 Å². The first-order valence-corrected chi connectivity index (χ1v) is 8.65. The standard InChI is InChI=1S/C18H30N2O2/c1-3-5-6-7-8-9-10-11-17(21)20-16-12-13-18(19-15-16)22-14-4-2/h12-13,15H,3-11,14H2,1-2H3,(H,20,21). The number of unbranched alkanes of at least 4 members (excludes halogenated alkanes) is 6. The molecule has 1 aromatic rings. The summed E-state index contributed by atoms with van der Waals surface area (Å²) in [6, 6.07) is 3.62. The topological polar surface area (TPSA) is 51.2 Å². The molecule has 1 rings (SSSR count). The number of ether oxygens (including phenoxy) is 1. The third-order valence-electron chi connectivity index (χ3n) is 3.48. The van der Waals surface area contributed by atoms with Crippen molar-refractivity contribution in [1.82, 2.24) is 4.98 Å². The Morgan fingerprint density at radius 2 is 1.77 bits per heavy atom. The number of pyridine rings is 1. The summed E-state index contributed by atoms with van der Waals surface area (Å²) >= 11 is 0. The van der Waals surface area contributed by atoms with Gasteiger partial charge in [0.25, 0.3) is 0 Å². The molecule has 0 atom stereocenters. The van der Waals surface area contributed by atoms with Crippen molar-refractivity contribution in [1.29, 1.82) is 0 Å². The van der Waals surface area contributed by atoms with E-state index in [0.717, 1.165) is 24.9 Å². The molecule has 1 amide bonds. The van der Waals surface area contributed by atoms with Crippen LogP contribution in [0.1, 0.15) is 71.6 Å². The van der Waals surface area contributed by atoms with Crippen molar-refractivity contribution in [3.8, 4) is 5.88 Å². The fourth-order valence-corrected chi connectivity index (χ4v) is 2.21. The molecule has 4 heteroatoms. The number of aromatic nitrogens is 1. The lowest BCUT2D eigenvalue weighted by Gasteiger charge is -2.07. The van der Waals surface area contributed by atoms with Gasteiger partial charge in [-0.3, -0.25) is 4.79 Å². The number of anilines is 1. The van der Waals surface area contributed by atoms with Crippen LogP contribution in [0.3, 0.4) is 0 Å². The average molecular weight is 306 g/mol. The maximum atomic E-state index is 11.8. The zero-order chi connectivity index (χ0) is 16.0. The number of hydrogen-bond donors (Lipinski definition) is 1. The maximum Gasteiger partial charge on any atom is 0.224 e. The van der Waals surface area contributed by atoms with Crippen LogP contribution in [0.5, 0.6) is 5.88 Å². The lowest BCUT2D eigenvalue weighted by atomic mass is 10.1. The highest BCUT2D eigenvalue weighted by Gasteiger charge is 2.03. The summed E-state index contributed by atoms with van der Waals surface area (Å²) in [5, 5.41) is 2.88. The Labute approximate surface area is 134 Å². The van der Waals surface area contributed by atoms with E-state index < -0.39 is 0 Å². The normalized spacial score (nSPS) is 10.5. The van der Waals surface area contributed by atoms with Gasteiger partial charge in [-0.05, 0) is 18.9 Å². The van der Waals surface area contributed by atoms with E-state index in [1.165, 1.54) is 32.1 Å². The quantitative estimate of drug-likeness (QED) is 0.556. The molecule has 1 heterocycles. The summed E-state index contributed by atoms with van der Waals surface area (Å²) in [6.07, 6.45) is 11.7. The van der Waals surface area contributed by atoms with Gasteiger partial charge in [0.15, 0.2) is 0 Å². The summed E-state index contributed by atoms with van der Waals surface area (Å²) in [5.74, 6) is 0.671. The molecular formula is C18H30N2O2. The second kappa shape index (κ2) is 12.0. The molecule has 124 valence electrons. The fraction of sp³-hybridized carbons (Fsp3) is 0.667. The Balaban J connectivity index is 2.13. The molecule has 1 N–H and O–H groups in total. The lowest BCUT2D eigenvalue weighted by Crippen LogP contribution is -2.11. The van der Waals surface area contributed by atoms with Gasteiger partial charge in [0.1, 0.15) is 0 Å². The van der Waals surface area contributed by atoms with Crippen LogP contribution in [0.25, 0.3) is 0 Å². The zero-order valence-corrected chi connectivity index (χ0v) is 14.1. The molecule has 0 aliphatic heterocycles. The Bertz CT molecular complexity index is 404. The molecule has 0 aliphatic rings. The van der Waals surface area contributed by atoms with E-state index in [4.69, 9.17) is 4.74 Å². The van der Waals surface area contributed by atoms with E-state index in [-0.39, 0.29) is 5.91 Å². The van der Waals surface area contributed by atoms with E-state index in [0.29, 0.717) is 18.9 Å². The van der Waals surface area contributed by atoms with Crippen molar-refractivity contribution < 1.29 is 9.53 Å². The Morgan fingerprint density at radius 1 is 1.05 bits per heavy atom. The molecule has 0 spiro atoms. The number of carbonyl (C=O) groups is 1. The molecule has 0 saturated carbocycles. The number of rotatable bonds is 12. The molecule has 0 aromatic carbocycles. The van der Waals surface area contributed by atoms with E-state index in [2.05, 4.69) is 24.1 Å². The first kappa shape index (κ1) is 18.5. The number of amides is 1. The minimum Gasteiger partial charge on any atom is -0.478 e. The molecule has 22 heavy (non-hydrogen) atoms. The summed E-state index contributed by atoms with van der Waals surface area (Å²) in [5.41, 5.74) is 0.733. The van der Waals surface area contributed by atoms with Gasteiger partial charge < -0.3 is 10.1 Å². The number of nitrogens with one attached hydrogen (secondary N) is 1. The number of carbonyl (C=O) groups excluding carboxylic acids is 1. The van der Waals surface area contributed by atoms with Gasteiger partial charge >= 0.3 is 0 Å². The van der Waals surface area contributed by atoms with Gasteiger partial charge in [-0.15, -0.1) is 0 Å². The SMILES string of the molecule is CCCCCCCCCC(=O)Nc1ccc(OCCC)nc1. The highest BCUT2D eigenvalue weighted by molar-refractivity contribution is 5.90. The van der Waals surface area contributed by atoms with Crippen LogP contribution in [-0.2, 0) is 4.79 Å². The predicted octanol–water partition coefficient (Wildman–Crippen LogP) is 4.95. The van der Waals surface area contributed by atoms with E-state index in [1.54, 1.807) is 12.3 Å². The zero-order valence-electron chi connectivity index (χ0n) is 14.1. The highest BCUT2D eigenvalue weighted by Crippen LogP contribution is 2.13. The van der Waals surface area contributed by atoms with Gasteiger partial charge in [-0.25, -0.2) is 4.98 Å². The largest absolute Gasteiger partial charge is 0.478 e. The van der Waals surface area contributed by atoms with Crippen molar-refractivity contribution in [2.24, 2.45) is 0 Å². The smallest absolute Gasteiger partial charge is 0.224 e. The minimum atomic E-state index is 0.0672. The van der Waals surface area contributed by atoms with Crippen LogP contribution < -0.4 is 10.1 Å². The Hall–Kier alpha value is -1.58. The highest BCUT2D eigenvalue weighted by atomic mass is 16.5. The third kappa shape index (κ3) is 8.65. The predicted molar refractivity (Wildman–Crippen MR) is 91.3 cm³/mol. The maximum absolute atomic E-state index is 11.8. The van der Waals surface area contributed by atoms with Crippen molar-refractivity contribution >= 4 is 11.6 Å². The van der Waals surface area contributed by atoms with Crippen LogP contribution >= 0.6 is 0 Å². The van der Waals surface area contributed by atoms with Gasteiger partial charge in [0, 0.05) is 12.5 Å². The van der Waals surface area contributed by atoms with Crippen LogP contribution in [0, 0.1) is 0 Å². The van der Waals surface area contributed by atoms with Crippen molar-refractivity contribution in [3.05, 3.63) is 18.3 Å². The molecule has 1 aromatic heterocycles. The summed E-state index contributed by atoms with van der Waals surface area (Å²) < 4.78 is 5.41.